The zero-order valence-corrected chi connectivity index (χ0v) is 15.6. The molecular weight excluding hydrogens is 304 g/mol. The van der Waals surface area contributed by atoms with Crippen molar-refractivity contribution < 1.29 is 19.8 Å². The van der Waals surface area contributed by atoms with Crippen LogP contribution in [0.5, 0.6) is 0 Å². The van der Waals surface area contributed by atoms with E-state index in [0.717, 1.165) is 57.8 Å². The first-order valence-electron chi connectivity index (χ1n) is 9.91. The second kappa shape index (κ2) is 10.7. The van der Waals surface area contributed by atoms with E-state index in [9.17, 15) is 14.7 Å². The number of unbranched alkanes of at least 4 members (excludes halogenated alkanes) is 1. The topological polar surface area (TPSA) is 74.6 Å². The molecule has 0 radical (unpaired) electrons. The van der Waals surface area contributed by atoms with E-state index in [2.05, 4.69) is 13.8 Å². The standard InChI is InChI=1S/C20H36O4/c1-3-5-10-16(4-2)15-20(19(23)24,14-9-13-18(21)22)17-11-7-6-8-12-17/h16-17H,3-15H2,1-2H3,(H,21,22)(H,23,24). The molecule has 0 aromatic rings. The molecule has 4 nitrogen and oxygen atoms in total. The third-order valence-corrected chi connectivity index (χ3v) is 6.02. The van der Waals surface area contributed by atoms with Crippen molar-refractivity contribution in [3.05, 3.63) is 0 Å². The van der Waals surface area contributed by atoms with Crippen LogP contribution in [0.1, 0.15) is 97.3 Å². The van der Waals surface area contributed by atoms with Crippen LogP contribution in [0, 0.1) is 17.3 Å². The minimum Gasteiger partial charge on any atom is -0.481 e. The number of hydrogen-bond donors (Lipinski definition) is 2. The highest BCUT2D eigenvalue weighted by molar-refractivity contribution is 5.75. The second-order valence-corrected chi connectivity index (χ2v) is 7.66. The Kier molecular flexibility index (Phi) is 9.38. The lowest BCUT2D eigenvalue weighted by atomic mass is 9.62. The molecule has 1 rings (SSSR count). The van der Waals surface area contributed by atoms with Crippen LogP contribution in [0.25, 0.3) is 0 Å². The van der Waals surface area contributed by atoms with Crippen LogP contribution in [-0.2, 0) is 9.59 Å². The van der Waals surface area contributed by atoms with Crippen molar-refractivity contribution in [3.63, 3.8) is 0 Å². The van der Waals surface area contributed by atoms with Crippen molar-refractivity contribution in [2.24, 2.45) is 17.3 Å². The van der Waals surface area contributed by atoms with Gasteiger partial charge >= 0.3 is 11.9 Å². The largest absolute Gasteiger partial charge is 0.481 e. The van der Waals surface area contributed by atoms with Gasteiger partial charge in [0.1, 0.15) is 0 Å². The maximum Gasteiger partial charge on any atom is 0.309 e. The molecule has 1 saturated carbocycles. The first kappa shape index (κ1) is 21.0. The van der Waals surface area contributed by atoms with Gasteiger partial charge in [-0.15, -0.1) is 0 Å². The summed E-state index contributed by atoms with van der Waals surface area (Å²) in [4.78, 5) is 23.3. The molecular formula is C20H36O4. The molecule has 1 aliphatic carbocycles. The first-order chi connectivity index (χ1) is 11.5. The molecule has 0 heterocycles. The van der Waals surface area contributed by atoms with Crippen LogP contribution in [0.15, 0.2) is 0 Å². The van der Waals surface area contributed by atoms with E-state index in [1.807, 2.05) is 0 Å². The molecule has 0 saturated heterocycles. The SMILES string of the molecule is CCCCC(CC)CC(CCCC(=O)O)(C(=O)O)C1CCCCC1. The minimum absolute atomic E-state index is 0.0769. The van der Waals surface area contributed by atoms with Gasteiger partial charge in [-0.2, -0.15) is 0 Å². The second-order valence-electron chi connectivity index (χ2n) is 7.66. The van der Waals surface area contributed by atoms with Crippen LogP contribution >= 0.6 is 0 Å². The third-order valence-electron chi connectivity index (χ3n) is 6.02. The predicted molar refractivity (Wildman–Crippen MR) is 96.1 cm³/mol. The van der Waals surface area contributed by atoms with Gasteiger partial charge in [-0.1, -0.05) is 58.8 Å². The average molecular weight is 341 g/mol. The van der Waals surface area contributed by atoms with Crippen molar-refractivity contribution in [1.29, 1.82) is 0 Å². The van der Waals surface area contributed by atoms with Crippen molar-refractivity contribution in [1.82, 2.24) is 0 Å². The monoisotopic (exact) mass is 340 g/mol. The Morgan fingerprint density at radius 1 is 1.08 bits per heavy atom. The fourth-order valence-corrected chi connectivity index (χ4v) is 4.51. The van der Waals surface area contributed by atoms with Crippen LogP contribution in [0.2, 0.25) is 0 Å². The number of carboxylic acid groups (broad SMARTS) is 2. The number of hydrogen-bond acceptors (Lipinski definition) is 2. The van der Waals surface area contributed by atoms with Gasteiger partial charge in [0.2, 0.25) is 0 Å². The summed E-state index contributed by atoms with van der Waals surface area (Å²) in [6.45, 7) is 4.33. The van der Waals surface area contributed by atoms with Gasteiger partial charge in [0.05, 0.1) is 5.41 Å². The predicted octanol–water partition coefficient (Wildman–Crippen LogP) is 5.50. The fourth-order valence-electron chi connectivity index (χ4n) is 4.51. The number of rotatable bonds is 12. The van der Waals surface area contributed by atoms with E-state index in [4.69, 9.17) is 5.11 Å². The summed E-state index contributed by atoms with van der Waals surface area (Å²) in [5.41, 5.74) is -0.718. The third kappa shape index (κ3) is 6.10. The molecule has 2 atom stereocenters. The zero-order chi connectivity index (χ0) is 18.0. The molecule has 4 heteroatoms. The van der Waals surface area contributed by atoms with Crippen molar-refractivity contribution in [2.45, 2.75) is 97.3 Å². The lowest BCUT2D eigenvalue weighted by Gasteiger charge is -2.41. The number of carboxylic acids is 2. The zero-order valence-electron chi connectivity index (χ0n) is 15.6. The summed E-state index contributed by atoms with van der Waals surface area (Å²) < 4.78 is 0. The fraction of sp³-hybridized carbons (Fsp3) is 0.900. The van der Waals surface area contributed by atoms with Crippen molar-refractivity contribution in [3.8, 4) is 0 Å². The van der Waals surface area contributed by atoms with Crippen molar-refractivity contribution >= 4 is 11.9 Å². The van der Waals surface area contributed by atoms with Crippen LogP contribution in [0.3, 0.4) is 0 Å². The molecule has 2 unspecified atom stereocenters. The molecule has 0 bridgehead atoms. The van der Waals surface area contributed by atoms with Crippen LogP contribution in [-0.4, -0.2) is 22.2 Å². The van der Waals surface area contributed by atoms with E-state index in [1.165, 1.54) is 6.42 Å². The summed E-state index contributed by atoms with van der Waals surface area (Å²) in [6.07, 6.45) is 11.6. The van der Waals surface area contributed by atoms with Gasteiger partial charge < -0.3 is 10.2 Å². The maximum atomic E-state index is 12.4. The Hall–Kier alpha value is -1.06. The molecule has 24 heavy (non-hydrogen) atoms. The van der Waals surface area contributed by atoms with E-state index in [1.54, 1.807) is 0 Å². The van der Waals surface area contributed by atoms with Gasteiger partial charge in [-0.05, 0) is 43.9 Å². The summed E-state index contributed by atoms with van der Waals surface area (Å²) in [6, 6.07) is 0. The normalized spacial score (nSPS) is 19.6. The van der Waals surface area contributed by atoms with Gasteiger partial charge in [-0.3, -0.25) is 9.59 Å². The number of carbonyl (C=O) groups is 2. The average Bonchev–Trinajstić information content (AvgIpc) is 2.57. The Balaban J connectivity index is 2.95. The highest BCUT2D eigenvalue weighted by Gasteiger charge is 2.46. The summed E-state index contributed by atoms with van der Waals surface area (Å²) in [5.74, 6) is -0.855. The molecule has 0 aromatic carbocycles. The maximum absolute atomic E-state index is 12.4. The Labute approximate surface area is 147 Å². The van der Waals surface area contributed by atoms with Crippen LogP contribution in [0.4, 0.5) is 0 Å². The van der Waals surface area contributed by atoms with Gasteiger partial charge in [-0.25, -0.2) is 0 Å². The smallest absolute Gasteiger partial charge is 0.309 e. The van der Waals surface area contributed by atoms with E-state index >= 15 is 0 Å². The van der Waals surface area contributed by atoms with E-state index in [-0.39, 0.29) is 12.3 Å². The molecule has 1 aliphatic rings. The molecule has 2 N–H and O–H groups in total. The number of aliphatic carboxylic acids is 2. The quantitative estimate of drug-likeness (QED) is 0.492. The van der Waals surface area contributed by atoms with E-state index < -0.39 is 17.4 Å². The molecule has 140 valence electrons. The lowest BCUT2D eigenvalue weighted by Crippen LogP contribution is -2.41. The lowest BCUT2D eigenvalue weighted by molar-refractivity contribution is -0.157. The first-order valence-corrected chi connectivity index (χ1v) is 9.91. The van der Waals surface area contributed by atoms with Gasteiger partial charge in [0.25, 0.3) is 0 Å². The summed E-state index contributed by atoms with van der Waals surface area (Å²) >= 11 is 0. The highest BCUT2D eigenvalue weighted by atomic mass is 16.4. The van der Waals surface area contributed by atoms with Crippen molar-refractivity contribution in [2.75, 3.05) is 0 Å². The molecule has 0 aliphatic heterocycles. The van der Waals surface area contributed by atoms with Crippen LogP contribution < -0.4 is 0 Å². The minimum atomic E-state index is -0.823. The summed E-state index contributed by atoms with van der Waals surface area (Å²) in [7, 11) is 0. The highest BCUT2D eigenvalue weighted by Crippen LogP contribution is 2.47. The van der Waals surface area contributed by atoms with Gasteiger partial charge in [0.15, 0.2) is 0 Å². The molecule has 0 spiro atoms. The molecule has 1 fully saturated rings. The summed E-state index contributed by atoms with van der Waals surface area (Å²) in [5, 5.41) is 19.1. The van der Waals surface area contributed by atoms with E-state index in [0.29, 0.717) is 18.8 Å². The Bertz CT molecular complexity index is 387. The van der Waals surface area contributed by atoms with Gasteiger partial charge in [0, 0.05) is 6.42 Å². The molecule has 0 aromatic heterocycles. The Morgan fingerprint density at radius 3 is 2.25 bits per heavy atom. The Morgan fingerprint density at radius 2 is 1.75 bits per heavy atom. The molecule has 0 amide bonds.